The summed E-state index contributed by atoms with van der Waals surface area (Å²) in [5.74, 6) is -3.72. The molecule has 0 aliphatic carbocycles. The summed E-state index contributed by atoms with van der Waals surface area (Å²) >= 11 is 2.30. The number of β-lactam (4-membered cyclic amide) rings is 1. The molecule has 0 saturated carbocycles. The third-order valence-electron chi connectivity index (χ3n) is 4.06. The highest BCUT2D eigenvalue weighted by Gasteiger charge is 2.54. The number of nitrogens with two attached hydrogens (primary N) is 1. The number of oxime groups is 1. The van der Waals surface area contributed by atoms with Crippen molar-refractivity contribution in [2.75, 3.05) is 18.1 Å². The van der Waals surface area contributed by atoms with E-state index >= 15 is 0 Å². The first-order chi connectivity index (χ1) is 14.2. The van der Waals surface area contributed by atoms with Crippen LogP contribution in [0, 0.1) is 0 Å². The number of allylic oxidation sites excluding steroid dienone is 1. The smallest absolute Gasteiger partial charge is 0.352 e. The van der Waals surface area contributed by atoms with Crippen LogP contribution in [-0.2, 0) is 24.0 Å². The number of amides is 2. The topological polar surface area (TPSA) is 185 Å². The quantitative estimate of drug-likeness (QED) is 0.226. The maximum atomic E-state index is 12.7. The van der Waals surface area contributed by atoms with E-state index in [2.05, 4.69) is 26.9 Å². The molecule has 0 aromatic carbocycles. The monoisotopic (exact) mass is 453 g/mol. The Balaban J connectivity index is 1.79. The molecule has 1 aromatic heterocycles. The van der Waals surface area contributed by atoms with Crippen LogP contribution in [0.3, 0.4) is 0 Å². The van der Waals surface area contributed by atoms with Crippen LogP contribution < -0.4 is 11.1 Å². The number of nitrogens with one attached hydrogen (secondary N) is 1. The van der Waals surface area contributed by atoms with E-state index in [1.165, 1.54) is 23.2 Å². The van der Waals surface area contributed by atoms with E-state index in [0.717, 1.165) is 16.2 Å². The maximum Gasteiger partial charge on any atom is 0.352 e. The SMILES string of the molecule is C=CC1=C(C(=O)O)N2C(=O)C(NC(=O)/C(=N\OCC(=O)O)c3csc(N)n3)[C@H]2SC1. The summed E-state index contributed by atoms with van der Waals surface area (Å²) in [5, 5.41) is 25.0. The molecular formula is C16H15N5O7S2. The molecule has 5 N–H and O–H groups in total. The van der Waals surface area contributed by atoms with Crippen molar-refractivity contribution in [3.8, 4) is 0 Å². The number of hydrogen-bond donors (Lipinski definition) is 4. The van der Waals surface area contributed by atoms with Crippen molar-refractivity contribution < 1.29 is 34.2 Å². The second-order valence-corrected chi connectivity index (χ2v) is 7.92. The summed E-state index contributed by atoms with van der Waals surface area (Å²) < 4.78 is 0. The van der Waals surface area contributed by atoms with Crippen molar-refractivity contribution in [3.05, 3.63) is 35.0 Å². The van der Waals surface area contributed by atoms with Gasteiger partial charge < -0.3 is 26.1 Å². The molecule has 1 aromatic rings. The Kier molecular flexibility index (Phi) is 6.07. The summed E-state index contributed by atoms with van der Waals surface area (Å²) in [6.45, 7) is 2.77. The van der Waals surface area contributed by atoms with Gasteiger partial charge in [-0.2, -0.15) is 0 Å². The van der Waals surface area contributed by atoms with Crippen LogP contribution >= 0.6 is 23.1 Å². The first-order valence-electron chi connectivity index (χ1n) is 8.22. The number of carboxylic acid groups (broad SMARTS) is 2. The van der Waals surface area contributed by atoms with Gasteiger partial charge in [-0.05, 0) is 5.57 Å². The van der Waals surface area contributed by atoms with Gasteiger partial charge in [-0.3, -0.25) is 14.5 Å². The minimum absolute atomic E-state index is 0.0420. The van der Waals surface area contributed by atoms with Gasteiger partial charge in [0.1, 0.15) is 22.8 Å². The molecular weight excluding hydrogens is 438 g/mol. The van der Waals surface area contributed by atoms with Gasteiger partial charge in [-0.1, -0.05) is 17.8 Å². The zero-order valence-electron chi connectivity index (χ0n) is 15.1. The van der Waals surface area contributed by atoms with Gasteiger partial charge in [0.05, 0.1) is 0 Å². The standard InChI is InChI=1S/C16H15N5O7S2/c1-2-6-4-29-14-10(13(25)21(14)11(6)15(26)27)19-12(24)9(20-28-3-8(22)23)7-5-30-16(17)18-7/h2,5,10,14H,1,3-4H2,(H2,17,18)(H,19,24)(H,22,23)(H,26,27)/b20-9-/t10?,14-/m1/s1. The van der Waals surface area contributed by atoms with Crippen LogP contribution in [0.4, 0.5) is 5.13 Å². The van der Waals surface area contributed by atoms with Crippen LogP contribution in [-0.4, -0.2) is 73.3 Å². The summed E-state index contributed by atoms with van der Waals surface area (Å²) in [5.41, 5.74) is 5.48. The fraction of sp³-hybridized carbons (Fsp3) is 0.250. The molecule has 2 aliphatic rings. The largest absolute Gasteiger partial charge is 0.479 e. The molecule has 12 nitrogen and oxygen atoms in total. The number of aliphatic carboxylic acids is 2. The third kappa shape index (κ3) is 3.99. The molecule has 0 radical (unpaired) electrons. The lowest BCUT2D eigenvalue weighted by molar-refractivity contribution is -0.150. The van der Waals surface area contributed by atoms with E-state index in [-0.39, 0.29) is 22.2 Å². The number of carboxylic acids is 2. The van der Waals surface area contributed by atoms with Crippen molar-refractivity contribution in [1.29, 1.82) is 0 Å². The third-order valence-corrected chi connectivity index (χ3v) is 6.03. The van der Waals surface area contributed by atoms with Gasteiger partial charge in [0.15, 0.2) is 10.8 Å². The van der Waals surface area contributed by atoms with Gasteiger partial charge in [0.2, 0.25) is 6.61 Å². The van der Waals surface area contributed by atoms with Crippen LogP contribution in [0.5, 0.6) is 0 Å². The van der Waals surface area contributed by atoms with Crippen molar-refractivity contribution in [2.24, 2.45) is 5.16 Å². The Morgan fingerprint density at radius 2 is 2.20 bits per heavy atom. The number of fused-ring (bicyclic) bond motifs is 1. The molecule has 2 aliphatic heterocycles. The minimum Gasteiger partial charge on any atom is -0.479 e. The highest BCUT2D eigenvalue weighted by molar-refractivity contribution is 8.00. The number of carbonyl (C=O) groups excluding carboxylic acids is 2. The number of rotatable bonds is 8. The van der Waals surface area contributed by atoms with E-state index in [9.17, 15) is 24.3 Å². The molecule has 158 valence electrons. The number of thiazole rings is 1. The Hall–Kier alpha value is -3.39. The number of anilines is 1. The predicted molar refractivity (Wildman–Crippen MR) is 107 cm³/mol. The highest BCUT2D eigenvalue weighted by Crippen LogP contribution is 2.40. The van der Waals surface area contributed by atoms with Gasteiger partial charge in [-0.15, -0.1) is 23.1 Å². The van der Waals surface area contributed by atoms with Crippen LogP contribution in [0.2, 0.25) is 0 Å². The average Bonchev–Trinajstić information content (AvgIpc) is 3.13. The van der Waals surface area contributed by atoms with Gasteiger partial charge in [-0.25, -0.2) is 14.6 Å². The zero-order valence-corrected chi connectivity index (χ0v) is 16.7. The lowest BCUT2D eigenvalue weighted by atomic mass is 10.0. The molecule has 0 spiro atoms. The van der Waals surface area contributed by atoms with Gasteiger partial charge >= 0.3 is 11.9 Å². The zero-order chi connectivity index (χ0) is 22.0. The Morgan fingerprint density at radius 1 is 1.47 bits per heavy atom. The van der Waals surface area contributed by atoms with E-state index in [1.54, 1.807) is 0 Å². The summed E-state index contributed by atoms with van der Waals surface area (Å²) in [7, 11) is 0. The molecule has 14 heteroatoms. The molecule has 2 atom stereocenters. The van der Waals surface area contributed by atoms with Crippen molar-refractivity contribution >= 4 is 57.7 Å². The van der Waals surface area contributed by atoms with E-state index < -0.39 is 41.8 Å². The van der Waals surface area contributed by atoms with Crippen LogP contribution in [0.25, 0.3) is 0 Å². The molecule has 1 unspecified atom stereocenters. The number of aromatic nitrogens is 1. The van der Waals surface area contributed by atoms with E-state index in [1.807, 2.05) is 0 Å². The molecule has 30 heavy (non-hydrogen) atoms. The Labute approximate surface area is 177 Å². The molecule has 1 saturated heterocycles. The fourth-order valence-electron chi connectivity index (χ4n) is 2.76. The van der Waals surface area contributed by atoms with Crippen LogP contribution in [0.15, 0.2) is 34.5 Å². The Morgan fingerprint density at radius 3 is 2.77 bits per heavy atom. The number of carbonyl (C=O) groups is 4. The summed E-state index contributed by atoms with van der Waals surface area (Å²) in [6.07, 6.45) is 1.38. The number of nitrogen functional groups attached to an aromatic ring is 1. The second kappa shape index (κ2) is 8.54. The highest BCUT2D eigenvalue weighted by atomic mass is 32.2. The van der Waals surface area contributed by atoms with Crippen molar-refractivity contribution in [2.45, 2.75) is 11.4 Å². The number of nitrogens with zero attached hydrogens (tertiary/aromatic N) is 3. The van der Waals surface area contributed by atoms with Gasteiger partial charge in [0.25, 0.3) is 11.8 Å². The average molecular weight is 453 g/mol. The first-order valence-corrected chi connectivity index (χ1v) is 10.1. The molecule has 3 heterocycles. The molecule has 3 rings (SSSR count). The van der Waals surface area contributed by atoms with Gasteiger partial charge in [0, 0.05) is 11.1 Å². The van der Waals surface area contributed by atoms with E-state index in [0.29, 0.717) is 11.3 Å². The van der Waals surface area contributed by atoms with E-state index in [4.69, 9.17) is 10.8 Å². The summed E-state index contributed by atoms with van der Waals surface area (Å²) in [4.78, 5) is 57.1. The maximum absolute atomic E-state index is 12.7. The first kappa shape index (κ1) is 21.3. The van der Waals surface area contributed by atoms with Crippen molar-refractivity contribution in [1.82, 2.24) is 15.2 Å². The summed E-state index contributed by atoms with van der Waals surface area (Å²) in [6, 6.07) is -1.01. The van der Waals surface area contributed by atoms with Crippen LogP contribution in [0.1, 0.15) is 5.69 Å². The molecule has 0 bridgehead atoms. The molecule has 1 fully saturated rings. The lowest BCUT2D eigenvalue weighted by Gasteiger charge is -2.49. The minimum atomic E-state index is -1.30. The van der Waals surface area contributed by atoms with Crippen molar-refractivity contribution in [3.63, 3.8) is 0 Å². The lowest BCUT2D eigenvalue weighted by Crippen LogP contribution is -2.71. The number of hydrogen-bond acceptors (Lipinski definition) is 10. The second-order valence-electron chi connectivity index (χ2n) is 5.92. The fourth-order valence-corrected chi connectivity index (χ4v) is 4.65. The molecule has 2 amide bonds. The number of thioether (sulfide) groups is 1. The Bertz CT molecular complexity index is 1000. The normalized spacial score (nSPS) is 20.9. The predicted octanol–water partition coefficient (Wildman–Crippen LogP) is -0.545.